The molecule has 7 heteroatoms. The Bertz CT molecular complexity index is 470. The van der Waals surface area contributed by atoms with Crippen LogP contribution in [0.15, 0.2) is 17.5 Å². The van der Waals surface area contributed by atoms with Gasteiger partial charge in [0.2, 0.25) is 5.91 Å². The van der Waals surface area contributed by atoms with Gasteiger partial charge in [-0.2, -0.15) is 0 Å². The van der Waals surface area contributed by atoms with Gasteiger partial charge in [-0.05, 0) is 31.3 Å². The van der Waals surface area contributed by atoms with Crippen molar-refractivity contribution in [1.29, 1.82) is 0 Å². The third kappa shape index (κ3) is 5.16. The van der Waals surface area contributed by atoms with Crippen molar-refractivity contribution in [3.63, 3.8) is 0 Å². The van der Waals surface area contributed by atoms with Crippen molar-refractivity contribution in [1.82, 2.24) is 20.4 Å². The number of nitrogens with zero attached hydrogens (tertiary/aromatic N) is 2. The highest BCUT2D eigenvalue weighted by atomic mass is 35.5. The Hall–Kier alpha value is -0.660. The van der Waals surface area contributed by atoms with E-state index < -0.39 is 0 Å². The van der Waals surface area contributed by atoms with Crippen molar-refractivity contribution in [3.8, 4) is 0 Å². The van der Waals surface area contributed by atoms with Gasteiger partial charge in [0.1, 0.15) is 0 Å². The zero-order valence-corrected chi connectivity index (χ0v) is 15.3. The zero-order chi connectivity index (χ0) is 15.4. The molecule has 2 unspecified atom stereocenters. The fourth-order valence-electron chi connectivity index (χ4n) is 3.34. The Balaban J connectivity index is 0.00000192. The lowest BCUT2D eigenvalue weighted by atomic mass is 10.2. The molecule has 1 amide bonds. The fourth-order valence-corrected chi connectivity index (χ4v) is 4.07. The monoisotopic (exact) mass is 358 g/mol. The molecule has 130 valence electrons. The first-order valence-corrected chi connectivity index (χ1v) is 9.10. The van der Waals surface area contributed by atoms with Crippen molar-refractivity contribution in [3.05, 3.63) is 22.4 Å². The van der Waals surface area contributed by atoms with E-state index in [9.17, 15) is 4.79 Å². The summed E-state index contributed by atoms with van der Waals surface area (Å²) in [4.78, 5) is 18.2. The van der Waals surface area contributed by atoms with Gasteiger partial charge < -0.3 is 10.6 Å². The topological polar surface area (TPSA) is 47.6 Å². The van der Waals surface area contributed by atoms with E-state index in [1.54, 1.807) is 11.3 Å². The molecule has 2 atom stereocenters. The second kappa shape index (κ2) is 8.99. The van der Waals surface area contributed by atoms with E-state index in [-0.39, 0.29) is 24.4 Å². The van der Waals surface area contributed by atoms with Crippen LogP contribution < -0.4 is 10.6 Å². The maximum atomic E-state index is 12.2. The summed E-state index contributed by atoms with van der Waals surface area (Å²) in [6.45, 7) is 9.00. The first-order chi connectivity index (χ1) is 10.7. The van der Waals surface area contributed by atoms with E-state index >= 15 is 0 Å². The maximum Gasteiger partial charge on any atom is 0.234 e. The average Bonchev–Trinajstić information content (AvgIpc) is 3.21. The summed E-state index contributed by atoms with van der Waals surface area (Å²) in [7, 11) is 0. The Morgan fingerprint density at radius 3 is 2.83 bits per heavy atom. The van der Waals surface area contributed by atoms with Gasteiger partial charge in [0.25, 0.3) is 0 Å². The molecule has 0 bridgehead atoms. The third-order valence-electron chi connectivity index (χ3n) is 4.67. The smallest absolute Gasteiger partial charge is 0.234 e. The van der Waals surface area contributed by atoms with Crippen LogP contribution in [0.4, 0.5) is 0 Å². The van der Waals surface area contributed by atoms with Gasteiger partial charge in [0, 0.05) is 43.6 Å². The van der Waals surface area contributed by atoms with Crippen LogP contribution in [0.1, 0.15) is 24.3 Å². The van der Waals surface area contributed by atoms with Crippen LogP contribution in [-0.2, 0) is 4.79 Å². The molecular formula is C16H27ClN4OS. The molecule has 2 aliphatic heterocycles. The summed E-state index contributed by atoms with van der Waals surface area (Å²) >= 11 is 1.69. The molecule has 2 N–H and O–H groups in total. The Morgan fingerprint density at radius 1 is 1.43 bits per heavy atom. The van der Waals surface area contributed by atoms with Gasteiger partial charge in [-0.1, -0.05) is 6.07 Å². The normalized spacial score (nSPS) is 24.1. The summed E-state index contributed by atoms with van der Waals surface area (Å²) in [5.74, 6) is 0.136. The second-order valence-corrected chi connectivity index (χ2v) is 7.24. The number of hydrogen-bond donors (Lipinski definition) is 2. The van der Waals surface area contributed by atoms with Gasteiger partial charge in [0.15, 0.2) is 0 Å². The van der Waals surface area contributed by atoms with Gasteiger partial charge >= 0.3 is 0 Å². The number of thiophene rings is 1. The Morgan fingerprint density at radius 2 is 2.22 bits per heavy atom. The Kier molecular flexibility index (Phi) is 7.30. The maximum absolute atomic E-state index is 12.2. The molecule has 0 aliphatic carbocycles. The summed E-state index contributed by atoms with van der Waals surface area (Å²) in [5.41, 5.74) is 0. The highest BCUT2D eigenvalue weighted by Gasteiger charge is 2.26. The molecule has 23 heavy (non-hydrogen) atoms. The molecule has 3 heterocycles. The van der Waals surface area contributed by atoms with Crippen molar-refractivity contribution in [2.45, 2.75) is 25.4 Å². The highest BCUT2D eigenvalue weighted by molar-refractivity contribution is 7.10. The molecule has 0 spiro atoms. The molecule has 5 nitrogen and oxygen atoms in total. The minimum absolute atomic E-state index is 0. The first-order valence-electron chi connectivity index (χ1n) is 8.22. The largest absolute Gasteiger partial charge is 0.348 e. The van der Waals surface area contributed by atoms with E-state index in [4.69, 9.17) is 0 Å². The van der Waals surface area contributed by atoms with E-state index in [2.05, 4.69) is 38.8 Å². The number of amides is 1. The van der Waals surface area contributed by atoms with Crippen LogP contribution in [0.3, 0.4) is 0 Å². The van der Waals surface area contributed by atoms with E-state index in [0.29, 0.717) is 12.6 Å². The van der Waals surface area contributed by atoms with Crippen LogP contribution in [0.5, 0.6) is 0 Å². The SMILES string of the molecule is CC(NC(=O)CN1CCN(C2CCNC2)CC1)c1cccs1.Cl. The molecule has 0 radical (unpaired) electrons. The molecule has 2 aliphatic rings. The molecule has 3 rings (SSSR count). The van der Waals surface area contributed by atoms with Gasteiger partial charge in [-0.15, -0.1) is 23.7 Å². The molecular weight excluding hydrogens is 332 g/mol. The number of rotatable bonds is 5. The lowest BCUT2D eigenvalue weighted by molar-refractivity contribution is -0.123. The van der Waals surface area contributed by atoms with Gasteiger partial charge in [0.05, 0.1) is 12.6 Å². The van der Waals surface area contributed by atoms with Crippen molar-refractivity contribution in [2.75, 3.05) is 45.8 Å². The quantitative estimate of drug-likeness (QED) is 0.833. The predicted molar refractivity (Wildman–Crippen MR) is 97.4 cm³/mol. The lowest BCUT2D eigenvalue weighted by Crippen LogP contribution is -2.52. The zero-order valence-electron chi connectivity index (χ0n) is 13.7. The van der Waals surface area contributed by atoms with Gasteiger partial charge in [-0.3, -0.25) is 14.6 Å². The number of nitrogens with one attached hydrogen (secondary N) is 2. The van der Waals surface area contributed by atoms with Crippen molar-refractivity contribution < 1.29 is 4.79 Å². The molecule has 0 saturated carbocycles. The second-order valence-electron chi connectivity index (χ2n) is 6.26. The number of carbonyl (C=O) groups is 1. The average molecular weight is 359 g/mol. The highest BCUT2D eigenvalue weighted by Crippen LogP contribution is 2.18. The number of piperazine rings is 1. The summed E-state index contributed by atoms with van der Waals surface area (Å²) in [6, 6.07) is 4.91. The van der Waals surface area contributed by atoms with E-state index in [1.165, 1.54) is 11.3 Å². The molecule has 1 aromatic heterocycles. The third-order valence-corrected chi connectivity index (χ3v) is 5.73. The minimum atomic E-state index is 0. The fraction of sp³-hybridized carbons (Fsp3) is 0.688. The molecule has 1 aromatic rings. The standard InChI is InChI=1S/C16H26N4OS.ClH/c1-13(15-3-2-10-22-15)18-16(21)12-19-6-8-20(9-7-19)14-4-5-17-11-14;/h2-3,10,13-14,17H,4-9,11-12H2,1H3,(H,18,21);1H. The van der Waals surface area contributed by atoms with Crippen molar-refractivity contribution in [2.24, 2.45) is 0 Å². The van der Waals surface area contributed by atoms with Crippen LogP contribution in [-0.4, -0.2) is 67.6 Å². The molecule has 2 saturated heterocycles. The van der Waals surface area contributed by atoms with E-state index in [0.717, 1.165) is 39.3 Å². The van der Waals surface area contributed by atoms with E-state index in [1.807, 2.05) is 6.07 Å². The van der Waals surface area contributed by atoms with Gasteiger partial charge in [-0.25, -0.2) is 0 Å². The predicted octanol–water partition coefficient (Wildman–Crippen LogP) is 1.33. The minimum Gasteiger partial charge on any atom is -0.348 e. The van der Waals surface area contributed by atoms with Crippen LogP contribution in [0, 0.1) is 0 Å². The molecule has 0 aromatic carbocycles. The first kappa shape index (κ1) is 18.7. The van der Waals surface area contributed by atoms with Crippen LogP contribution in [0.25, 0.3) is 0 Å². The summed E-state index contributed by atoms with van der Waals surface area (Å²) in [5, 5.41) is 8.58. The molecule has 2 fully saturated rings. The van der Waals surface area contributed by atoms with Crippen LogP contribution in [0.2, 0.25) is 0 Å². The number of carbonyl (C=O) groups excluding carboxylic acids is 1. The Labute approximate surface area is 148 Å². The number of hydrogen-bond acceptors (Lipinski definition) is 5. The summed E-state index contributed by atoms with van der Waals surface area (Å²) < 4.78 is 0. The lowest BCUT2D eigenvalue weighted by Gasteiger charge is -2.37. The van der Waals surface area contributed by atoms with Crippen molar-refractivity contribution >= 4 is 29.7 Å². The summed E-state index contributed by atoms with van der Waals surface area (Å²) in [6.07, 6.45) is 1.26. The van der Waals surface area contributed by atoms with Crippen LogP contribution >= 0.6 is 23.7 Å². The number of halogens is 1.